The van der Waals surface area contributed by atoms with E-state index >= 15 is 4.39 Å². The molecule has 1 fully saturated rings. The Morgan fingerprint density at radius 3 is 2.55 bits per heavy atom. The zero-order valence-electron chi connectivity index (χ0n) is 22.4. The molecule has 0 saturated carbocycles. The fraction of sp³-hybridized carbons (Fsp3) is 0.481. The van der Waals surface area contributed by atoms with Crippen molar-refractivity contribution in [1.29, 1.82) is 0 Å². The highest BCUT2D eigenvalue weighted by atomic mass is 35.5. The fourth-order valence-corrected chi connectivity index (χ4v) is 4.09. The average molecular weight is 552 g/mol. The first-order valence-corrected chi connectivity index (χ1v) is 12.7. The Labute approximate surface area is 227 Å². The van der Waals surface area contributed by atoms with Gasteiger partial charge in [-0.25, -0.2) is 9.18 Å². The van der Waals surface area contributed by atoms with Crippen molar-refractivity contribution in [3.8, 4) is 5.75 Å². The molecule has 1 aliphatic rings. The highest BCUT2D eigenvalue weighted by Gasteiger charge is 2.31. The molecule has 1 atom stereocenters. The number of ether oxygens (including phenoxy) is 4. The molecular weight excluding hydrogens is 517 g/mol. The van der Waals surface area contributed by atoms with Gasteiger partial charge in [0, 0.05) is 43.5 Å². The Hall–Kier alpha value is -3.08. The Kier molecular flexibility index (Phi) is 10.2. The highest BCUT2D eigenvalue weighted by molar-refractivity contribution is 6.31. The quantitative estimate of drug-likeness (QED) is 0.339. The van der Waals surface area contributed by atoms with E-state index < -0.39 is 17.3 Å². The third-order valence-electron chi connectivity index (χ3n) is 5.72. The minimum atomic E-state index is -0.587. The van der Waals surface area contributed by atoms with Crippen LogP contribution in [-0.4, -0.2) is 75.3 Å². The molecule has 1 heterocycles. The van der Waals surface area contributed by atoms with Gasteiger partial charge in [-0.1, -0.05) is 11.6 Å². The van der Waals surface area contributed by atoms with Crippen LogP contribution < -0.4 is 15.0 Å². The third-order valence-corrected chi connectivity index (χ3v) is 5.95. The molecule has 9 nitrogen and oxygen atoms in total. The number of hydrogen-bond donors (Lipinski definition) is 1. The number of nitrogens with one attached hydrogen (secondary N) is 1. The predicted octanol–water partition coefficient (Wildman–Crippen LogP) is 5.18. The summed E-state index contributed by atoms with van der Waals surface area (Å²) in [5.41, 5.74) is 0.262. The van der Waals surface area contributed by atoms with E-state index in [-0.39, 0.29) is 35.9 Å². The number of hydrogen-bond acceptors (Lipinski definition) is 7. The first-order valence-electron chi connectivity index (χ1n) is 12.3. The van der Waals surface area contributed by atoms with Crippen LogP contribution in [0.1, 0.15) is 38.1 Å². The summed E-state index contributed by atoms with van der Waals surface area (Å²) in [5.74, 6) is -0.723. The van der Waals surface area contributed by atoms with Crippen molar-refractivity contribution >= 4 is 35.0 Å². The van der Waals surface area contributed by atoms with Crippen LogP contribution in [-0.2, 0) is 14.2 Å². The summed E-state index contributed by atoms with van der Waals surface area (Å²) in [6.45, 7) is 9.33. The molecule has 1 N–H and O–H groups in total. The van der Waals surface area contributed by atoms with Gasteiger partial charge in [0.25, 0.3) is 5.91 Å². The number of benzene rings is 2. The van der Waals surface area contributed by atoms with Gasteiger partial charge in [0.1, 0.15) is 17.2 Å². The van der Waals surface area contributed by atoms with Gasteiger partial charge < -0.3 is 34.1 Å². The van der Waals surface area contributed by atoms with Gasteiger partial charge in [0.05, 0.1) is 24.5 Å². The van der Waals surface area contributed by atoms with Crippen molar-refractivity contribution in [3.63, 3.8) is 0 Å². The summed E-state index contributed by atoms with van der Waals surface area (Å²) in [5, 5.41) is 3.04. The monoisotopic (exact) mass is 551 g/mol. The van der Waals surface area contributed by atoms with E-state index in [0.29, 0.717) is 43.6 Å². The van der Waals surface area contributed by atoms with Crippen LogP contribution in [0.5, 0.6) is 5.75 Å². The van der Waals surface area contributed by atoms with Crippen molar-refractivity contribution in [2.45, 2.75) is 39.3 Å². The zero-order chi connectivity index (χ0) is 27.9. The number of methoxy groups -OCH3 is 1. The molecule has 11 heteroatoms. The molecule has 2 amide bonds. The van der Waals surface area contributed by atoms with Gasteiger partial charge in [-0.2, -0.15) is 0 Å². The van der Waals surface area contributed by atoms with Crippen LogP contribution in [0.2, 0.25) is 5.02 Å². The second-order valence-corrected chi connectivity index (χ2v) is 10.3. The van der Waals surface area contributed by atoms with Crippen molar-refractivity contribution in [2.75, 3.05) is 57.0 Å². The molecule has 208 valence electrons. The molecule has 1 saturated heterocycles. The molecule has 1 aliphatic heterocycles. The second-order valence-electron chi connectivity index (χ2n) is 9.89. The summed E-state index contributed by atoms with van der Waals surface area (Å²) in [6, 6.07) is 8.96. The van der Waals surface area contributed by atoms with Crippen molar-refractivity contribution in [3.05, 3.63) is 52.8 Å². The molecular formula is C27H35ClFN3O6. The number of piperazine rings is 1. The highest BCUT2D eigenvalue weighted by Crippen LogP contribution is 2.28. The van der Waals surface area contributed by atoms with Gasteiger partial charge in [0.15, 0.2) is 6.79 Å². The molecule has 3 rings (SSSR count). The molecule has 0 spiro atoms. The number of rotatable bonds is 9. The van der Waals surface area contributed by atoms with Crippen LogP contribution in [0.15, 0.2) is 36.4 Å². The summed E-state index contributed by atoms with van der Waals surface area (Å²) in [6.07, 6.45) is -0.380. The van der Waals surface area contributed by atoms with Crippen molar-refractivity contribution in [1.82, 2.24) is 4.90 Å². The Morgan fingerprint density at radius 1 is 1.13 bits per heavy atom. The maximum Gasteiger partial charge on any atom is 0.410 e. The topological polar surface area (TPSA) is 89.6 Å². The van der Waals surface area contributed by atoms with Crippen LogP contribution >= 0.6 is 11.6 Å². The van der Waals surface area contributed by atoms with Gasteiger partial charge >= 0.3 is 6.09 Å². The maximum absolute atomic E-state index is 15.1. The van der Waals surface area contributed by atoms with E-state index in [0.717, 1.165) is 0 Å². The lowest BCUT2D eigenvalue weighted by molar-refractivity contribution is -0.00872. The number of carbonyl (C=O) groups excluding carboxylic acids is 2. The van der Waals surface area contributed by atoms with Gasteiger partial charge in [-0.3, -0.25) is 4.79 Å². The zero-order valence-corrected chi connectivity index (χ0v) is 23.1. The summed E-state index contributed by atoms with van der Waals surface area (Å²) in [4.78, 5) is 29.0. The number of amides is 2. The van der Waals surface area contributed by atoms with E-state index in [4.69, 9.17) is 30.5 Å². The van der Waals surface area contributed by atoms with Crippen LogP contribution in [0, 0.1) is 5.82 Å². The largest absolute Gasteiger partial charge is 0.467 e. The first kappa shape index (κ1) is 29.5. The lowest BCUT2D eigenvalue weighted by Crippen LogP contribution is -2.55. The van der Waals surface area contributed by atoms with E-state index in [2.05, 4.69) is 5.32 Å². The number of anilines is 2. The number of carbonyl (C=O) groups is 2. The summed E-state index contributed by atoms with van der Waals surface area (Å²) in [7, 11) is 1.56. The molecule has 2 aromatic carbocycles. The van der Waals surface area contributed by atoms with Crippen molar-refractivity contribution < 1.29 is 32.9 Å². The molecule has 1 unspecified atom stereocenters. The smallest absolute Gasteiger partial charge is 0.410 e. The minimum Gasteiger partial charge on any atom is -0.467 e. The Morgan fingerprint density at radius 2 is 1.89 bits per heavy atom. The number of halogens is 2. The SMILES string of the molecule is COCCOCOc1ccc(Cl)cc1C(=O)Nc1ccc(N2CCN(C(=O)OC(C)(C)C)C(C)C2)c(F)c1. The molecule has 0 bridgehead atoms. The predicted molar refractivity (Wildman–Crippen MR) is 144 cm³/mol. The van der Waals surface area contributed by atoms with Gasteiger partial charge in [0.2, 0.25) is 0 Å². The van der Waals surface area contributed by atoms with Gasteiger partial charge in [-0.05, 0) is 64.1 Å². The average Bonchev–Trinajstić information content (AvgIpc) is 2.83. The van der Waals surface area contributed by atoms with Crippen LogP contribution in [0.25, 0.3) is 0 Å². The summed E-state index contributed by atoms with van der Waals surface area (Å²) >= 11 is 6.09. The maximum atomic E-state index is 15.1. The van der Waals surface area contributed by atoms with Crippen LogP contribution in [0.3, 0.4) is 0 Å². The third kappa shape index (κ3) is 8.21. The second kappa shape index (κ2) is 13.1. The minimum absolute atomic E-state index is 0.0752. The van der Waals surface area contributed by atoms with E-state index in [1.807, 2.05) is 32.6 Å². The van der Waals surface area contributed by atoms with E-state index in [1.54, 1.807) is 36.3 Å². The van der Waals surface area contributed by atoms with Gasteiger partial charge in [-0.15, -0.1) is 0 Å². The molecule has 0 aliphatic carbocycles. The lowest BCUT2D eigenvalue weighted by atomic mass is 10.1. The fourth-order valence-electron chi connectivity index (χ4n) is 3.92. The molecule has 2 aromatic rings. The first-order chi connectivity index (χ1) is 18.0. The number of nitrogens with zero attached hydrogens (tertiary/aromatic N) is 2. The van der Waals surface area contributed by atoms with E-state index in [9.17, 15) is 9.59 Å². The van der Waals surface area contributed by atoms with E-state index in [1.165, 1.54) is 12.1 Å². The molecule has 38 heavy (non-hydrogen) atoms. The molecule has 0 radical (unpaired) electrons. The Bertz CT molecular complexity index is 1130. The van der Waals surface area contributed by atoms with Crippen LogP contribution in [0.4, 0.5) is 20.6 Å². The standard InChI is InChI=1S/C27H35ClFN3O6/c1-18-16-31(10-11-32(18)26(34)38-27(2,3)4)23-8-7-20(15-22(23)29)30-25(33)21-14-19(28)6-9-24(21)37-17-36-13-12-35-5/h6-9,14-15,18H,10-13,16-17H2,1-5H3,(H,30,33). The summed E-state index contributed by atoms with van der Waals surface area (Å²) < 4.78 is 36.4. The Balaban J connectivity index is 1.64. The molecule has 0 aromatic heterocycles. The lowest BCUT2D eigenvalue weighted by Gasteiger charge is -2.41. The normalized spacial score (nSPS) is 15.8. The van der Waals surface area contributed by atoms with Crippen molar-refractivity contribution in [2.24, 2.45) is 0 Å².